The van der Waals surface area contributed by atoms with Gasteiger partial charge in [0, 0.05) is 18.0 Å². The number of benzene rings is 1. The first-order valence-corrected chi connectivity index (χ1v) is 5.36. The minimum Gasteiger partial charge on any atom is -0.508 e. The number of alkyl halides is 2. The van der Waals surface area contributed by atoms with Gasteiger partial charge in [0.25, 0.3) is 5.92 Å². The van der Waals surface area contributed by atoms with Crippen LogP contribution in [0.4, 0.5) is 8.78 Å². The van der Waals surface area contributed by atoms with Gasteiger partial charge in [-0.1, -0.05) is 12.1 Å². The fourth-order valence-corrected chi connectivity index (χ4v) is 2.18. The topological polar surface area (TPSA) is 23.5 Å². The Bertz CT molecular complexity index is 381. The van der Waals surface area contributed by atoms with Gasteiger partial charge in [-0.15, -0.1) is 0 Å². The molecule has 0 saturated carbocycles. The zero-order valence-corrected chi connectivity index (χ0v) is 9.16. The molecule has 1 unspecified atom stereocenters. The van der Waals surface area contributed by atoms with Gasteiger partial charge in [0.2, 0.25) is 0 Å². The number of nitrogens with zero attached hydrogens (tertiary/aromatic N) is 1. The molecule has 1 heterocycles. The first-order chi connectivity index (χ1) is 7.50. The fraction of sp³-hybridized carbons (Fsp3) is 0.500. The molecule has 0 amide bonds. The number of hydrogen-bond donors (Lipinski definition) is 1. The SMILES string of the molecule is CN1CCC(C(F)(F)c2cccc(O)c2)C1. The Morgan fingerprint density at radius 1 is 1.44 bits per heavy atom. The Kier molecular flexibility index (Phi) is 2.84. The minimum absolute atomic E-state index is 0.0900. The minimum atomic E-state index is -2.86. The monoisotopic (exact) mass is 227 g/mol. The summed E-state index contributed by atoms with van der Waals surface area (Å²) < 4.78 is 28.2. The summed E-state index contributed by atoms with van der Waals surface area (Å²) in [6.45, 7) is 1.11. The zero-order chi connectivity index (χ0) is 11.8. The third-order valence-electron chi connectivity index (χ3n) is 3.14. The second-order valence-corrected chi connectivity index (χ2v) is 4.42. The summed E-state index contributed by atoms with van der Waals surface area (Å²) in [6.07, 6.45) is 0.499. The number of rotatable bonds is 2. The molecular weight excluding hydrogens is 212 g/mol. The lowest BCUT2D eigenvalue weighted by Gasteiger charge is -2.23. The first kappa shape index (κ1) is 11.3. The average molecular weight is 227 g/mol. The average Bonchev–Trinajstić information content (AvgIpc) is 2.65. The van der Waals surface area contributed by atoms with Crippen molar-refractivity contribution < 1.29 is 13.9 Å². The smallest absolute Gasteiger partial charge is 0.277 e. The maximum atomic E-state index is 14.1. The summed E-state index contributed by atoms with van der Waals surface area (Å²) in [6, 6.07) is 5.38. The number of phenolic OH excluding ortho intramolecular Hbond substituents is 1. The van der Waals surface area contributed by atoms with Crippen LogP contribution in [0.5, 0.6) is 5.75 Å². The van der Waals surface area contributed by atoms with E-state index in [2.05, 4.69) is 0 Å². The molecule has 0 spiro atoms. The van der Waals surface area contributed by atoms with Gasteiger partial charge in [-0.25, -0.2) is 8.78 Å². The van der Waals surface area contributed by atoms with Crippen molar-refractivity contribution in [1.29, 1.82) is 0 Å². The Morgan fingerprint density at radius 3 is 2.75 bits per heavy atom. The van der Waals surface area contributed by atoms with Gasteiger partial charge in [-0.2, -0.15) is 0 Å². The van der Waals surface area contributed by atoms with Gasteiger partial charge in [0.05, 0.1) is 0 Å². The number of likely N-dealkylation sites (tertiary alicyclic amines) is 1. The van der Waals surface area contributed by atoms with E-state index in [0.717, 1.165) is 6.07 Å². The molecule has 1 fully saturated rings. The van der Waals surface area contributed by atoms with Crippen molar-refractivity contribution in [2.45, 2.75) is 12.3 Å². The quantitative estimate of drug-likeness (QED) is 0.838. The van der Waals surface area contributed by atoms with E-state index >= 15 is 0 Å². The summed E-state index contributed by atoms with van der Waals surface area (Å²) in [4.78, 5) is 1.90. The molecule has 0 radical (unpaired) electrons. The highest BCUT2D eigenvalue weighted by molar-refractivity contribution is 5.30. The highest BCUT2D eigenvalue weighted by atomic mass is 19.3. The van der Waals surface area contributed by atoms with E-state index in [1.54, 1.807) is 0 Å². The van der Waals surface area contributed by atoms with E-state index in [-0.39, 0.29) is 11.3 Å². The summed E-state index contributed by atoms with van der Waals surface area (Å²) in [5.41, 5.74) is -0.0900. The van der Waals surface area contributed by atoms with Crippen LogP contribution in [0.25, 0.3) is 0 Å². The normalized spacial score (nSPS) is 22.6. The van der Waals surface area contributed by atoms with Gasteiger partial charge in [0.15, 0.2) is 0 Å². The van der Waals surface area contributed by atoms with Gasteiger partial charge in [-0.3, -0.25) is 0 Å². The van der Waals surface area contributed by atoms with E-state index in [1.165, 1.54) is 18.2 Å². The van der Waals surface area contributed by atoms with Crippen molar-refractivity contribution in [3.05, 3.63) is 29.8 Å². The van der Waals surface area contributed by atoms with Gasteiger partial charge in [0.1, 0.15) is 5.75 Å². The lowest BCUT2D eigenvalue weighted by molar-refractivity contribution is -0.0604. The second kappa shape index (κ2) is 4.01. The molecular formula is C12H15F2NO. The number of phenols is 1. The predicted molar refractivity (Wildman–Crippen MR) is 57.6 cm³/mol. The summed E-state index contributed by atoms with van der Waals surface area (Å²) >= 11 is 0. The maximum Gasteiger partial charge on any atom is 0.277 e. The molecule has 4 heteroatoms. The second-order valence-electron chi connectivity index (χ2n) is 4.42. The van der Waals surface area contributed by atoms with E-state index in [4.69, 9.17) is 0 Å². The molecule has 2 nitrogen and oxygen atoms in total. The zero-order valence-electron chi connectivity index (χ0n) is 9.16. The molecule has 1 aromatic carbocycles. The molecule has 1 N–H and O–H groups in total. The third-order valence-corrected chi connectivity index (χ3v) is 3.14. The summed E-state index contributed by atoms with van der Waals surface area (Å²) in [5, 5.41) is 9.23. The highest BCUT2D eigenvalue weighted by Gasteiger charge is 2.44. The molecule has 1 aliphatic heterocycles. The van der Waals surface area contributed by atoms with Crippen LogP contribution in [-0.4, -0.2) is 30.1 Å². The first-order valence-electron chi connectivity index (χ1n) is 5.36. The molecule has 0 aromatic heterocycles. The highest BCUT2D eigenvalue weighted by Crippen LogP contribution is 2.41. The lowest BCUT2D eigenvalue weighted by atomic mass is 9.94. The third kappa shape index (κ3) is 2.02. The summed E-state index contributed by atoms with van der Waals surface area (Å²) in [7, 11) is 1.85. The number of hydrogen-bond acceptors (Lipinski definition) is 2. The number of aromatic hydroxyl groups is 1. The predicted octanol–water partition coefficient (Wildman–Crippen LogP) is 2.44. The van der Waals surface area contributed by atoms with Crippen LogP contribution in [0, 0.1) is 5.92 Å². The maximum absolute atomic E-state index is 14.1. The van der Waals surface area contributed by atoms with Crippen molar-refractivity contribution in [1.82, 2.24) is 4.90 Å². The van der Waals surface area contributed by atoms with Crippen LogP contribution in [0.1, 0.15) is 12.0 Å². The Labute approximate surface area is 93.5 Å². The molecule has 0 bridgehead atoms. The van der Waals surface area contributed by atoms with Crippen molar-refractivity contribution in [3.8, 4) is 5.75 Å². The van der Waals surface area contributed by atoms with Crippen LogP contribution in [0.15, 0.2) is 24.3 Å². The molecule has 1 atom stereocenters. The van der Waals surface area contributed by atoms with Crippen LogP contribution < -0.4 is 0 Å². The molecule has 0 aliphatic carbocycles. The molecule has 88 valence electrons. The molecule has 1 aliphatic rings. The molecule has 16 heavy (non-hydrogen) atoms. The standard InChI is InChI=1S/C12H15F2NO/c1-15-6-5-10(8-15)12(13,14)9-3-2-4-11(16)7-9/h2-4,7,10,16H,5-6,8H2,1H3. The largest absolute Gasteiger partial charge is 0.508 e. The van der Waals surface area contributed by atoms with E-state index in [9.17, 15) is 13.9 Å². The number of halogens is 2. The Hall–Kier alpha value is -1.16. The summed E-state index contributed by atoms with van der Waals surface area (Å²) in [5.74, 6) is -3.62. The Balaban J connectivity index is 2.24. The van der Waals surface area contributed by atoms with Gasteiger partial charge in [-0.05, 0) is 32.1 Å². The van der Waals surface area contributed by atoms with Crippen molar-refractivity contribution >= 4 is 0 Å². The lowest BCUT2D eigenvalue weighted by Crippen LogP contribution is -2.28. The van der Waals surface area contributed by atoms with Crippen LogP contribution >= 0.6 is 0 Å². The van der Waals surface area contributed by atoms with Gasteiger partial charge >= 0.3 is 0 Å². The fourth-order valence-electron chi connectivity index (χ4n) is 2.18. The van der Waals surface area contributed by atoms with Gasteiger partial charge < -0.3 is 10.0 Å². The van der Waals surface area contributed by atoms with Crippen LogP contribution in [-0.2, 0) is 5.92 Å². The van der Waals surface area contributed by atoms with Crippen LogP contribution in [0.2, 0.25) is 0 Å². The van der Waals surface area contributed by atoms with Crippen molar-refractivity contribution in [2.24, 2.45) is 5.92 Å². The van der Waals surface area contributed by atoms with Crippen molar-refractivity contribution in [2.75, 3.05) is 20.1 Å². The molecule has 2 rings (SSSR count). The van der Waals surface area contributed by atoms with E-state index < -0.39 is 11.8 Å². The molecule has 1 saturated heterocycles. The van der Waals surface area contributed by atoms with E-state index in [1.807, 2.05) is 11.9 Å². The van der Waals surface area contributed by atoms with Crippen LogP contribution in [0.3, 0.4) is 0 Å². The van der Waals surface area contributed by atoms with E-state index in [0.29, 0.717) is 19.5 Å². The molecule has 1 aromatic rings. The van der Waals surface area contributed by atoms with Crippen molar-refractivity contribution in [3.63, 3.8) is 0 Å². The Morgan fingerprint density at radius 2 is 2.19 bits per heavy atom.